The lowest BCUT2D eigenvalue weighted by Gasteiger charge is -2.23. The quantitative estimate of drug-likeness (QED) is 0.813. The van der Waals surface area contributed by atoms with Gasteiger partial charge in [0.25, 0.3) is 5.91 Å². The van der Waals surface area contributed by atoms with E-state index in [-0.39, 0.29) is 24.4 Å². The molecule has 1 saturated carbocycles. The van der Waals surface area contributed by atoms with Crippen LogP contribution >= 0.6 is 0 Å². The van der Waals surface area contributed by atoms with E-state index in [0.29, 0.717) is 5.56 Å². The summed E-state index contributed by atoms with van der Waals surface area (Å²) in [6.45, 7) is 1.44. The van der Waals surface area contributed by atoms with Crippen molar-refractivity contribution in [3.05, 3.63) is 35.9 Å². The molecule has 1 saturated heterocycles. The Morgan fingerprint density at radius 1 is 1.12 bits per heavy atom. The molecule has 1 aromatic rings. The van der Waals surface area contributed by atoms with E-state index in [2.05, 4.69) is 10.6 Å². The number of carbonyl (C=O) groups is 3. The monoisotopic (exact) mass is 357 g/mol. The lowest BCUT2D eigenvalue weighted by atomic mass is 9.92. The molecular formula is C20H27N3O3. The fourth-order valence-electron chi connectivity index (χ4n) is 3.83. The standard InChI is InChI=1S/C20H27N3O3/c1-20(15-10-6-5-7-11-15)18(25)23(19(26)22-20)14-17(24)21-16-12-8-3-2-4-9-13-16/h5-7,10-11,16H,2-4,8-9,12-14H2,1H3,(H,21,24)(H,22,26)/t20-/m0/s1. The number of urea groups is 1. The van der Waals surface area contributed by atoms with Gasteiger partial charge in [0, 0.05) is 6.04 Å². The number of hydrogen-bond acceptors (Lipinski definition) is 3. The number of amides is 4. The summed E-state index contributed by atoms with van der Waals surface area (Å²) in [5.74, 6) is -0.655. The van der Waals surface area contributed by atoms with Crippen molar-refractivity contribution in [3.63, 3.8) is 0 Å². The molecule has 0 aromatic heterocycles. The summed E-state index contributed by atoms with van der Waals surface area (Å²) in [4.78, 5) is 38.6. The molecule has 2 aliphatic rings. The number of benzene rings is 1. The topological polar surface area (TPSA) is 78.5 Å². The number of nitrogens with zero attached hydrogens (tertiary/aromatic N) is 1. The molecule has 1 aliphatic carbocycles. The van der Waals surface area contributed by atoms with E-state index in [0.717, 1.165) is 30.6 Å². The van der Waals surface area contributed by atoms with Crippen molar-refractivity contribution in [2.24, 2.45) is 0 Å². The Balaban J connectivity index is 1.63. The first kappa shape index (κ1) is 18.4. The molecule has 1 atom stereocenters. The second kappa shape index (κ2) is 7.89. The molecule has 0 radical (unpaired) electrons. The van der Waals surface area contributed by atoms with Gasteiger partial charge < -0.3 is 10.6 Å². The molecule has 1 aromatic carbocycles. The van der Waals surface area contributed by atoms with Crippen molar-refractivity contribution in [2.45, 2.75) is 63.5 Å². The Morgan fingerprint density at radius 2 is 1.73 bits per heavy atom. The van der Waals surface area contributed by atoms with Crippen LogP contribution in [-0.4, -0.2) is 35.3 Å². The maximum Gasteiger partial charge on any atom is 0.325 e. The highest BCUT2D eigenvalue weighted by molar-refractivity contribution is 6.09. The normalized spacial score (nSPS) is 24.7. The molecule has 2 fully saturated rings. The summed E-state index contributed by atoms with van der Waals surface area (Å²) in [7, 11) is 0. The Bertz CT molecular complexity index is 668. The van der Waals surface area contributed by atoms with E-state index in [4.69, 9.17) is 0 Å². The van der Waals surface area contributed by atoms with Crippen molar-refractivity contribution in [1.82, 2.24) is 15.5 Å². The van der Waals surface area contributed by atoms with Crippen molar-refractivity contribution < 1.29 is 14.4 Å². The summed E-state index contributed by atoms with van der Waals surface area (Å²) >= 11 is 0. The van der Waals surface area contributed by atoms with Crippen LogP contribution in [0.25, 0.3) is 0 Å². The SMILES string of the molecule is C[C@@]1(c2ccccc2)NC(=O)N(CC(=O)NC2CCCCCCC2)C1=O. The predicted molar refractivity (Wildman–Crippen MR) is 98.3 cm³/mol. The molecule has 0 bridgehead atoms. The Kier molecular flexibility index (Phi) is 5.59. The lowest BCUT2D eigenvalue weighted by molar-refractivity contribution is -0.135. The molecule has 6 heteroatoms. The fraction of sp³-hybridized carbons (Fsp3) is 0.550. The highest BCUT2D eigenvalue weighted by Crippen LogP contribution is 2.28. The molecule has 26 heavy (non-hydrogen) atoms. The van der Waals surface area contributed by atoms with Crippen molar-refractivity contribution in [2.75, 3.05) is 6.54 Å². The maximum absolute atomic E-state index is 12.8. The van der Waals surface area contributed by atoms with Crippen molar-refractivity contribution in [3.8, 4) is 0 Å². The van der Waals surface area contributed by atoms with Crippen LogP contribution < -0.4 is 10.6 Å². The summed E-state index contributed by atoms with van der Waals surface area (Å²) in [6, 6.07) is 8.73. The van der Waals surface area contributed by atoms with Gasteiger partial charge >= 0.3 is 6.03 Å². The molecule has 6 nitrogen and oxygen atoms in total. The van der Waals surface area contributed by atoms with Crippen LogP contribution in [0.5, 0.6) is 0 Å². The second-order valence-electron chi connectivity index (χ2n) is 7.42. The first-order chi connectivity index (χ1) is 12.5. The molecule has 1 heterocycles. The van der Waals surface area contributed by atoms with Crippen LogP contribution in [-0.2, 0) is 15.1 Å². The number of hydrogen-bond donors (Lipinski definition) is 2. The van der Waals surface area contributed by atoms with Gasteiger partial charge in [-0.25, -0.2) is 4.79 Å². The van der Waals surface area contributed by atoms with E-state index >= 15 is 0 Å². The third kappa shape index (κ3) is 3.89. The van der Waals surface area contributed by atoms with Gasteiger partial charge in [0.2, 0.25) is 5.91 Å². The van der Waals surface area contributed by atoms with Crippen LogP contribution in [0.1, 0.15) is 57.4 Å². The zero-order valence-electron chi connectivity index (χ0n) is 15.3. The molecule has 4 amide bonds. The number of rotatable bonds is 4. The highest BCUT2D eigenvalue weighted by atomic mass is 16.2. The summed E-state index contributed by atoms with van der Waals surface area (Å²) in [5, 5.41) is 5.74. The summed E-state index contributed by atoms with van der Waals surface area (Å²) < 4.78 is 0. The number of carbonyl (C=O) groups excluding carboxylic acids is 3. The van der Waals surface area contributed by atoms with Gasteiger partial charge in [-0.05, 0) is 25.3 Å². The van der Waals surface area contributed by atoms with Gasteiger partial charge in [-0.1, -0.05) is 62.4 Å². The molecule has 2 N–H and O–H groups in total. The third-order valence-corrected chi connectivity index (χ3v) is 5.40. The second-order valence-corrected chi connectivity index (χ2v) is 7.42. The maximum atomic E-state index is 12.8. The molecule has 0 unspecified atom stereocenters. The van der Waals surface area contributed by atoms with E-state index in [1.165, 1.54) is 19.3 Å². The molecule has 1 aliphatic heterocycles. The first-order valence-corrected chi connectivity index (χ1v) is 9.50. The minimum atomic E-state index is -1.13. The van der Waals surface area contributed by atoms with Gasteiger partial charge in [0.1, 0.15) is 12.1 Å². The van der Waals surface area contributed by atoms with Crippen LogP contribution in [0.3, 0.4) is 0 Å². The smallest absolute Gasteiger partial charge is 0.325 e. The van der Waals surface area contributed by atoms with E-state index in [1.807, 2.05) is 18.2 Å². The van der Waals surface area contributed by atoms with Gasteiger partial charge in [-0.3, -0.25) is 14.5 Å². The van der Waals surface area contributed by atoms with Crippen LogP contribution in [0.2, 0.25) is 0 Å². The average Bonchev–Trinajstić information content (AvgIpc) is 2.82. The van der Waals surface area contributed by atoms with Crippen molar-refractivity contribution >= 4 is 17.8 Å². The average molecular weight is 357 g/mol. The predicted octanol–water partition coefficient (Wildman–Crippen LogP) is 2.68. The molecule has 140 valence electrons. The minimum absolute atomic E-state index is 0.143. The summed E-state index contributed by atoms with van der Waals surface area (Å²) in [6.07, 6.45) is 7.83. The zero-order valence-corrected chi connectivity index (χ0v) is 15.3. The van der Waals surface area contributed by atoms with Crippen LogP contribution in [0, 0.1) is 0 Å². The number of nitrogens with one attached hydrogen (secondary N) is 2. The van der Waals surface area contributed by atoms with E-state index < -0.39 is 11.6 Å². The fourth-order valence-corrected chi connectivity index (χ4v) is 3.83. The van der Waals surface area contributed by atoms with Gasteiger partial charge in [-0.15, -0.1) is 0 Å². The Labute approximate surface area is 154 Å². The number of imide groups is 1. The van der Waals surface area contributed by atoms with Gasteiger partial charge in [0.15, 0.2) is 0 Å². The third-order valence-electron chi connectivity index (χ3n) is 5.40. The van der Waals surface area contributed by atoms with Gasteiger partial charge in [-0.2, -0.15) is 0 Å². The largest absolute Gasteiger partial charge is 0.352 e. The van der Waals surface area contributed by atoms with Crippen LogP contribution in [0.15, 0.2) is 30.3 Å². The van der Waals surface area contributed by atoms with E-state index in [9.17, 15) is 14.4 Å². The van der Waals surface area contributed by atoms with E-state index in [1.54, 1.807) is 19.1 Å². The minimum Gasteiger partial charge on any atom is -0.352 e. The summed E-state index contributed by atoms with van der Waals surface area (Å²) in [5.41, 5.74) is -0.417. The van der Waals surface area contributed by atoms with Crippen LogP contribution in [0.4, 0.5) is 4.79 Å². The molecular weight excluding hydrogens is 330 g/mol. The Hall–Kier alpha value is -2.37. The molecule has 0 spiro atoms. The zero-order chi connectivity index (χ0) is 18.6. The molecule has 3 rings (SSSR count). The lowest BCUT2D eigenvalue weighted by Crippen LogP contribution is -2.45. The van der Waals surface area contributed by atoms with Gasteiger partial charge in [0.05, 0.1) is 0 Å². The Morgan fingerprint density at radius 3 is 2.38 bits per heavy atom. The first-order valence-electron chi connectivity index (χ1n) is 9.50. The van der Waals surface area contributed by atoms with Crippen molar-refractivity contribution in [1.29, 1.82) is 0 Å². The highest BCUT2D eigenvalue weighted by Gasteiger charge is 2.49.